The van der Waals surface area contributed by atoms with Crippen molar-refractivity contribution < 1.29 is 9.53 Å². The van der Waals surface area contributed by atoms with Crippen molar-refractivity contribution >= 4 is 16.9 Å². The molecule has 6 nitrogen and oxygen atoms in total. The highest BCUT2D eigenvalue weighted by molar-refractivity contribution is 5.89. The minimum absolute atomic E-state index is 0.0702. The smallest absolute Gasteiger partial charge is 0.374 e. The van der Waals surface area contributed by atoms with E-state index in [2.05, 4.69) is 27.0 Å². The Morgan fingerprint density at radius 3 is 2.62 bits per heavy atom. The molecular weight excluding hydrogens is 330 g/mol. The highest BCUT2D eigenvalue weighted by Crippen LogP contribution is 2.16. The van der Waals surface area contributed by atoms with Crippen LogP contribution in [0.5, 0.6) is 0 Å². The minimum atomic E-state index is -0.627. The molecule has 0 radical (unpaired) electrons. The molecule has 0 bridgehead atoms. The van der Waals surface area contributed by atoms with Crippen LogP contribution in [0.2, 0.25) is 0 Å². The molecule has 6 heteroatoms. The van der Waals surface area contributed by atoms with Gasteiger partial charge in [-0.1, -0.05) is 42.5 Å². The number of hydrogen-bond acceptors (Lipinski definition) is 5. The molecule has 26 heavy (non-hydrogen) atoms. The monoisotopic (exact) mass is 351 g/mol. The summed E-state index contributed by atoms with van der Waals surface area (Å²) in [4.78, 5) is 33.3. The van der Waals surface area contributed by atoms with Gasteiger partial charge in [-0.3, -0.25) is 9.69 Å². The number of H-pyrrole nitrogens is 1. The van der Waals surface area contributed by atoms with E-state index in [9.17, 15) is 9.59 Å². The van der Waals surface area contributed by atoms with Gasteiger partial charge in [-0.25, -0.2) is 9.78 Å². The van der Waals surface area contributed by atoms with Crippen LogP contribution in [-0.4, -0.2) is 34.5 Å². The molecular formula is C20H21N3O3. The molecule has 1 aromatic heterocycles. The summed E-state index contributed by atoms with van der Waals surface area (Å²) in [5.74, 6) is -0.697. The van der Waals surface area contributed by atoms with Crippen LogP contribution in [0.4, 0.5) is 0 Å². The fourth-order valence-corrected chi connectivity index (χ4v) is 2.93. The summed E-state index contributed by atoms with van der Waals surface area (Å²) in [7, 11) is 2.00. The summed E-state index contributed by atoms with van der Waals surface area (Å²) in [6.45, 7) is 3.29. The number of carbonyl (C=O) groups excluding carboxylic acids is 1. The molecule has 3 aromatic rings. The van der Waals surface area contributed by atoms with Gasteiger partial charge in [0, 0.05) is 13.1 Å². The van der Waals surface area contributed by atoms with Gasteiger partial charge in [0.05, 0.1) is 17.5 Å². The SMILES string of the molecule is CCOC(=O)c1nc2cccc(CN(C)Cc3ccccc3)c2c(=O)[nH]1. The van der Waals surface area contributed by atoms with Crippen LogP contribution in [0, 0.1) is 0 Å². The zero-order valence-electron chi connectivity index (χ0n) is 14.9. The average molecular weight is 351 g/mol. The first-order valence-corrected chi connectivity index (χ1v) is 8.50. The summed E-state index contributed by atoms with van der Waals surface area (Å²) in [5.41, 5.74) is 2.22. The molecule has 0 unspecified atom stereocenters. The predicted molar refractivity (Wildman–Crippen MR) is 99.9 cm³/mol. The molecule has 0 saturated heterocycles. The maximum Gasteiger partial charge on any atom is 0.374 e. The van der Waals surface area contributed by atoms with E-state index in [1.54, 1.807) is 13.0 Å². The number of ether oxygens (including phenoxy) is 1. The van der Waals surface area contributed by atoms with Crippen LogP contribution in [0.1, 0.15) is 28.7 Å². The maximum absolute atomic E-state index is 12.5. The van der Waals surface area contributed by atoms with E-state index in [0.717, 1.165) is 12.1 Å². The molecule has 0 saturated carbocycles. The van der Waals surface area contributed by atoms with Gasteiger partial charge in [0.25, 0.3) is 5.56 Å². The lowest BCUT2D eigenvalue weighted by Crippen LogP contribution is -2.21. The lowest BCUT2D eigenvalue weighted by atomic mass is 10.1. The van der Waals surface area contributed by atoms with E-state index in [1.807, 2.05) is 37.4 Å². The Hall–Kier alpha value is -2.99. The van der Waals surface area contributed by atoms with Gasteiger partial charge in [0.2, 0.25) is 5.82 Å². The Morgan fingerprint density at radius 1 is 1.12 bits per heavy atom. The number of aromatic nitrogens is 2. The molecule has 1 N–H and O–H groups in total. The third-order valence-corrected chi connectivity index (χ3v) is 4.02. The lowest BCUT2D eigenvalue weighted by Gasteiger charge is -2.17. The van der Waals surface area contributed by atoms with Crippen LogP contribution >= 0.6 is 0 Å². The summed E-state index contributed by atoms with van der Waals surface area (Å²) in [6, 6.07) is 15.6. The van der Waals surface area contributed by atoms with Crippen LogP contribution in [0.3, 0.4) is 0 Å². The van der Waals surface area contributed by atoms with Crippen molar-refractivity contribution in [3.05, 3.63) is 75.8 Å². The van der Waals surface area contributed by atoms with Crippen LogP contribution in [0.25, 0.3) is 10.9 Å². The van der Waals surface area contributed by atoms with Gasteiger partial charge >= 0.3 is 5.97 Å². The van der Waals surface area contributed by atoms with E-state index < -0.39 is 5.97 Å². The van der Waals surface area contributed by atoms with Crippen molar-refractivity contribution in [1.82, 2.24) is 14.9 Å². The second-order valence-electron chi connectivity index (χ2n) is 6.10. The number of rotatable bonds is 6. The van der Waals surface area contributed by atoms with Gasteiger partial charge in [-0.05, 0) is 31.2 Å². The highest BCUT2D eigenvalue weighted by atomic mass is 16.5. The van der Waals surface area contributed by atoms with Gasteiger partial charge < -0.3 is 9.72 Å². The normalized spacial score (nSPS) is 11.0. The summed E-state index contributed by atoms with van der Waals surface area (Å²) in [6.07, 6.45) is 0. The van der Waals surface area contributed by atoms with E-state index in [-0.39, 0.29) is 18.0 Å². The number of hydrogen-bond donors (Lipinski definition) is 1. The van der Waals surface area contributed by atoms with Crippen molar-refractivity contribution in [3.8, 4) is 0 Å². The number of benzene rings is 2. The molecule has 2 aromatic carbocycles. The van der Waals surface area contributed by atoms with E-state index in [4.69, 9.17) is 4.74 Å². The first-order valence-electron chi connectivity index (χ1n) is 8.50. The minimum Gasteiger partial charge on any atom is -0.460 e. The number of nitrogens with one attached hydrogen (secondary N) is 1. The Balaban J connectivity index is 1.89. The average Bonchev–Trinajstić information content (AvgIpc) is 2.62. The number of aromatic amines is 1. The number of fused-ring (bicyclic) bond motifs is 1. The van der Waals surface area contributed by atoms with E-state index in [0.29, 0.717) is 17.4 Å². The highest BCUT2D eigenvalue weighted by Gasteiger charge is 2.15. The molecule has 0 fully saturated rings. The van der Waals surface area contributed by atoms with Gasteiger partial charge in [0.1, 0.15) is 0 Å². The zero-order chi connectivity index (χ0) is 18.5. The fraction of sp³-hybridized carbons (Fsp3) is 0.250. The number of nitrogens with zero attached hydrogens (tertiary/aromatic N) is 2. The molecule has 0 aliphatic carbocycles. The van der Waals surface area contributed by atoms with E-state index >= 15 is 0 Å². The zero-order valence-corrected chi connectivity index (χ0v) is 14.9. The van der Waals surface area contributed by atoms with Crippen molar-refractivity contribution in [2.75, 3.05) is 13.7 Å². The fourth-order valence-electron chi connectivity index (χ4n) is 2.93. The van der Waals surface area contributed by atoms with Crippen LogP contribution in [0.15, 0.2) is 53.3 Å². The molecule has 0 amide bonds. The van der Waals surface area contributed by atoms with Crippen LogP contribution in [-0.2, 0) is 17.8 Å². The van der Waals surface area contributed by atoms with Crippen molar-refractivity contribution in [2.24, 2.45) is 0 Å². The van der Waals surface area contributed by atoms with Gasteiger partial charge in [0.15, 0.2) is 0 Å². The molecule has 0 spiro atoms. The summed E-state index contributed by atoms with van der Waals surface area (Å²) < 4.78 is 4.91. The van der Waals surface area contributed by atoms with Gasteiger partial charge in [-0.2, -0.15) is 0 Å². The molecule has 134 valence electrons. The van der Waals surface area contributed by atoms with Crippen molar-refractivity contribution in [1.29, 1.82) is 0 Å². The second-order valence-corrected chi connectivity index (χ2v) is 6.10. The Labute approximate surface area is 151 Å². The maximum atomic E-state index is 12.5. The lowest BCUT2D eigenvalue weighted by molar-refractivity contribution is 0.0512. The molecule has 0 aliphatic heterocycles. The number of carbonyl (C=O) groups is 1. The Bertz CT molecular complexity index is 967. The molecule has 1 heterocycles. The number of esters is 1. The van der Waals surface area contributed by atoms with Crippen molar-refractivity contribution in [3.63, 3.8) is 0 Å². The van der Waals surface area contributed by atoms with Crippen molar-refractivity contribution in [2.45, 2.75) is 20.0 Å². The first-order chi connectivity index (χ1) is 12.6. The third-order valence-electron chi connectivity index (χ3n) is 4.02. The van der Waals surface area contributed by atoms with Gasteiger partial charge in [-0.15, -0.1) is 0 Å². The quantitative estimate of drug-likeness (QED) is 0.691. The third kappa shape index (κ3) is 3.97. The first kappa shape index (κ1) is 17.8. The van der Waals surface area contributed by atoms with Crippen LogP contribution < -0.4 is 5.56 Å². The standard InChI is InChI=1S/C20H21N3O3/c1-3-26-20(25)18-21-16-11-7-10-15(17(16)19(24)22-18)13-23(2)12-14-8-5-4-6-9-14/h4-11H,3,12-13H2,1-2H3,(H,21,22,24). The molecule has 0 atom stereocenters. The second kappa shape index (κ2) is 7.93. The topological polar surface area (TPSA) is 75.3 Å². The molecule has 3 rings (SSSR count). The Morgan fingerprint density at radius 2 is 1.88 bits per heavy atom. The summed E-state index contributed by atoms with van der Waals surface area (Å²) in [5, 5.41) is 0.500. The Kier molecular flexibility index (Phi) is 5.43. The van der Waals surface area contributed by atoms with E-state index in [1.165, 1.54) is 5.56 Å². The largest absolute Gasteiger partial charge is 0.460 e. The summed E-state index contributed by atoms with van der Waals surface area (Å²) >= 11 is 0. The molecule has 0 aliphatic rings. The predicted octanol–water partition coefficient (Wildman–Crippen LogP) is 2.73.